The fourth-order valence-electron chi connectivity index (χ4n) is 3.38. The van der Waals surface area contributed by atoms with E-state index in [1.54, 1.807) is 41.9 Å². The number of urea groups is 1. The van der Waals surface area contributed by atoms with Crippen LogP contribution in [0, 0.1) is 0 Å². The van der Waals surface area contributed by atoms with Gasteiger partial charge in [-0.1, -0.05) is 18.0 Å². The number of carbonyl (C=O) groups excluding carboxylic acids is 4. The molecule has 0 bridgehead atoms. The van der Waals surface area contributed by atoms with Gasteiger partial charge in [-0.2, -0.15) is 0 Å². The van der Waals surface area contributed by atoms with E-state index in [1.807, 2.05) is 0 Å². The van der Waals surface area contributed by atoms with Crippen LogP contribution in [0.2, 0.25) is 0 Å². The zero-order chi connectivity index (χ0) is 27.3. The molecule has 1 heterocycles. The van der Waals surface area contributed by atoms with Gasteiger partial charge in [0.25, 0.3) is 5.91 Å². The molecule has 0 saturated heterocycles. The standard InChI is InChI=1S/C25H28N6O7/c26-24(34)37-19-12-8-16(9-13-19)20-15-21(31-38-20)29-25(35)28-18-10-6-17(7-11-18)23(33)27-14-4-2-1-3-5-22(32)30-36/h6-13,15,36H,1-5,14H2,(H2,26,34)(H,27,33)(H,30,32)(H2,28,29,31,35). The number of unbranched alkanes of at least 4 members (excludes halogenated alkanes) is 3. The molecule has 0 fully saturated rings. The predicted molar refractivity (Wildman–Crippen MR) is 137 cm³/mol. The SMILES string of the molecule is NC(=O)Oc1ccc(-c2cc(NC(=O)Nc3ccc(C(=O)NCCCCCCC(=O)NO)cc3)no2)cc1. The van der Waals surface area contributed by atoms with E-state index < -0.39 is 18.0 Å². The average molecular weight is 525 g/mol. The maximum atomic E-state index is 12.3. The average Bonchev–Trinajstić information content (AvgIpc) is 3.36. The number of anilines is 2. The Morgan fingerprint density at radius 2 is 1.63 bits per heavy atom. The van der Waals surface area contributed by atoms with E-state index in [0.29, 0.717) is 35.5 Å². The molecule has 0 unspecified atom stereocenters. The number of carbonyl (C=O) groups is 4. The van der Waals surface area contributed by atoms with E-state index in [0.717, 1.165) is 19.3 Å². The van der Waals surface area contributed by atoms with Gasteiger partial charge in [-0.05, 0) is 61.4 Å². The summed E-state index contributed by atoms with van der Waals surface area (Å²) in [4.78, 5) is 46.3. The molecule has 1 aromatic heterocycles. The van der Waals surface area contributed by atoms with Crippen molar-refractivity contribution < 1.29 is 33.6 Å². The Kier molecular flexibility index (Phi) is 10.2. The smallest absolute Gasteiger partial charge is 0.409 e. The third-order valence-corrected chi connectivity index (χ3v) is 5.25. The van der Waals surface area contributed by atoms with Gasteiger partial charge in [0, 0.05) is 35.8 Å². The zero-order valence-electron chi connectivity index (χ0n) is 20.4. The van der Waals surface area contributed by atoms with Gasteiger partial charge in [0.1, 0.15) is 5.75 Å². The Morgan fingerprint density at radius 1 is 0.921 bits per heavy atom. The lowest BCUT2D eigenvalue weighted by atomic mass is 10.1. The summed E-state index contributed by atoms with van der Waals surface area (Å²) in [5.74, 6) is 0.211. The van der Waals surface area contributed by atoms with Crippen LogP contribution in [0.1, 0.15) is 42.5 Å². The molecular weight excluding hydrogens is 496 g/mol. The molecule has 0 aliphatic carbocycles. The minimum absolute atomic E-state index is 0.183. The number of hydrogen-bond donors (Lipinski definition) is 6. The van der Waals surface area contributed by atoms with Crippen molar-refractivity contribution >= 4 is 35.4 Å². The van der Waals surface area contributed by atoms with Crippen molar-refractivity contribution in [2.45, 2.75) is 32.1 Å². The monoisotopic (exact) mass is 524 g/mol. The number of primary amides is 1. The fraction of sp³-hybridized carbons (Fsp3) is 0.240. The molecule has 0 aliphatic rings. The number of nitrogens with zero attached hydrogens (tertiary/aromatic N) is 1. The second-order valence-corrected chi connectivity index (χ2v) is 8.13. The summed E-state index contributed by atoms with van der Waals surface area (Å²) < 4.78 is 10.0. The summed E-state index contributed by atoms with van der Waals surface area (Å²) in [6, 6.07) is 13.7. The van der Waals surface area contributed by atoms with Gasteiger partial charge >= 0.3 is 12.1 Å². The van der Waals surface area contributed by atoms with Crippen molar-refractivity contribution in [1.29, 1.82) is 0 Å². The Balaban J connectivity index is 1.40. The summed E-state index contributed by atoms with van der Waals surface area (Å²) in [5.41, 5.74) is 8.13. The summed E-state index contributed by atoms with van der Waals surface area (Å²) in [7, 11) is 0. The molecule has 3 rings (SSSR count). The lowest BCUT2D eigenvalue weighted by Gasteiger charge is -2.08. The van der Waals surface area contributed by atoms with Crippen LogP contribution in [0.5, 0.6) is 5.75 Å². The van der Waals surface area contributed by atoms with E-state index in [1.165, 1.54) is 18.2 Å². The molecule has 0 saturated carbocycles. The minimum Gasteiger partial charge on any atom is -0.411 e. The maximum absolute atomic E-state index is 12.3. The molecule has 38 heavy (non-hydrogen) atoms. The van der Waals surface area contributed by atoms with Crippen molar-refractivity contribution in [2.75, 3.05) is 17.2 Å². The maximum Gasteiger partial charge on any atom is 0.409 e. The van der Waals surface area contributed by atoms with Gasteiger partial charge in [-0.15, -0.1) is 0 Å². The number of hydroxylamine groups is 1. The highest BCUT2D eigenvalue weighted by Gasteiger charge is 2.11. The van der Waals surface area contributed by atoms with Gasteiger partial charge in [-0.3, -0.25) is 20.1 Å². The number of amides is 5. The number of hydrogen-bond acceptors (Lipinski definition) is 8. The first-order valence-corrected chi connectivity index (χ1v) is 11.8. The van der Waals surface area contributed by atoms with Gasteiger partial charge in [0.2, 0.25) is 5.91 Å². The normalized spacial score (nSPS) is 10.3. The lowest BCUT2D eigenvalue weighted by molar-refractivity contribution is -0.129. The van der Waals surface area contributed by atoms with Crippen LogP contribution < -0.4 is 31.9 Å². The molecule has 0 aliphatic heterocycles. The second kappa shape index (κ2) is 14.0. The zero-order valence-corrected chi connectivity index (χ0v) is 20.4. The summed E-state index contributed by atoms with van der Waals surface area (Å²) >= 11 is 0. The molecule has 3 aromatic rings. The second-order valence-electron chi connectivity index (χ2n) is 8.13. The van der Waals surface area contributed by atoms with Crippen LogP contribution in [0.25, 0.3) is 11.3 Å². The van der Waals surface area contributed by atoms with Gasteiger partial charge in [-0.25, -0.2) is 15.1 Å². The van der Waals surface area contributed by atoms with E-state index >= 15 is 0 Å². The number of rotatable bonds is 12. The Hall–Kier alpha value is -4.91. The summed E-state index contributed by atoms with van der Waals surface area (Å²) in [5, 5.41) is 20.3. The van der Waals surface area contributed by atoms with Crippen LogP contribution >= 0.6 is 0 Å². The molecule has 0 spiro atoms. The topological polar surface area (TPSA) is 198 Å². The molecule has 13 nitrogen and oxygen atoms in total. The molecule has 200 valence electrons. The third-order valence-electron chi connectivity index (χ3n) is 5.25. The van der Waals surface area contributed by atoms with Crippen LogP contribution in [-0.2, 0) is 4.79 Å². The van der Waals surface area contributed by atoms with E-state index in [4.69, 9.17) is 20.2 Å². The van der Waals surface area contributed by atoms with E-state index in [2.05, 4.69) is 21.1 Å². The number of nitrogens with two attached hydrogens (primary N) is 1. The van der Waals surface area contributed by atoms with Crippen molar-refractivity contribution in [3.05, 3.63) is 60.2 Å². The highest BCUT2D eigenvalue weighted by Crippen LogP contribution is 2.25. The highest BCUT2D eigenvalue weighted by atomic mass is 16.5. The molecule has 5 amide bonds. The number of aromatic nitrogens is 1. The molecule has 0 radical (unpaired) electrons. The molecule has 2 aromatic carbocycles. The predicted octanol–water partition coefficient (Wildman–Crippen LogP) is 3.63. The quantitative estimate of drug-likeness (QED) is 0.117. The van der Waals surface area contributed by atoms with Crippen LogP contribution in [0.15, 0.2) is 59.1 Å². The van der Waals surface area contributed by atoms with Gasteiger partial charge in [0.05, 0.1) is 0 Å². The van der Waals surface area contributed by atoms with Crippen molar-refractivity contribution in [3.8, 4) is 17.1 Å². The van der Waals surface area contributed by atoms with Crippen LogP contribution in [-0.4, -0.2) is 40.8 Å². The van der Waals surface area contributed by atoms with Gasteiger partial charge < -0.3 is 25.6 Å². The molecule has 7 N–H and O–H groups in total. The fourth-order valence-corrected chi connectivity index (χ4v) is 3.38. The molecular formula is C25H28N6O7. The van der Waals surface area contributed by atoms with Crippen LogP contribution in [0.3, 0.4) is 0 Å². The third kappa shape index (κ3) is 8.95. The summed E-state index contributed by atoms with van der Waals surface area (Å²) in [6.45, 7) is 0.498. The van der Waals surface area contributed by atoms with Crippen molar-refractivity contribution in [3.63, 3.8) is 0 Å². The Morgan fingerprint density at radius 3 is 2.32 bits per heavy atom. The highest BCUT2D eigenvalue weighted by molar-refractivity contribution is 6.00. The number of benzene rings is 2. The number of ether oxygens (including phenoxy) is 1. The Bertz CT molecular complexity index is 1240. The first kappa shape index (κ1) is 27.7. The molecule has 0 atom stereocenters. The number of nitrogens with one attached hydrogen (secondary N) is 4. The van der Waals surface area contributed by atoms with Gasteiger partial charge in [0.15, 0.2) is 11.6 Å². The van der Waals surface area contributed by atoms with Crippen LogP contribution in [0.4, 0.5) is 21.1 Å². The largest absolute Gasteiger partial charge is 0.411 e. The first-order valence-electron chi connectivity index (χ1n) is 11.8. The van der Waals surface area contributed by atoms with Crippen molar-refractivity contribution in [1.82, 2.24) is 16.0 Å². The lowest BCUT2D eigenvalue weighted by Crippen LogP contribution is -2.24. The van der Waals surface area contributed by atoms with E-state index in [-0.39, 0.29) is 23.9 Å². The summed E-state index contributed by atoms with van der Waals surface area (Å²) in [6.07, 6.45) is 2.46. The Labute approximate surface area is 217 Å². The molecule has 13 heteroatoms. The van der Waals surface area contributed by atoms with Crippen molar-refractivity contribution in [2.24, 2.45) is 5.73 Å². The van der Waals surface area contributed by atoms with E-state index in [9.17, 15) is 19.2 Å². The minimum atomic E-state index is -0.916. The first-order chi connectivity index (χ1) is 18.3.